The van der Waals surface area contributed by atoms with E-state index in [1.165, 1.54) is 6.08 Å². The van der Waals surface area contributed by atoms with Crippen LogP contribution in [0.2, 0.25) is 0 Å². The van der Waals surface area contributed by atoms with E-state index in [0.717, 1.165) is 5.70 Å². The van der Waals surface area contributed by atoms with Crippen molar-refractivity contribution in [1.82, 2.24) is 5.32 Å². The van der Waals surface area contributed by atoms with Gasteiger partial charge in [-0.3, -0.25) is 0 Å². The van der Waals surface area contributed by atoms with Crippen molar-refractivity contribution in [1.29, 1.82) is 15.8 Å². The fraction of sp³-hybridized carbons (Fsp3) is 0.0833. The number of hydrogen-bond donors (Lipinski definition) is 1. The largest absolute Gasteiger partial charge is 0.358 e. The summed E-state index contributed by atoms with van der Waals surface area (Å²) in [6.07, 6.45) is 6.64. The van der Waals surface area contributed by atoms with E-state index in [1.54, 1.807) is 24.3 Å². The summed E-state index contributed by atoms with van der Waals surface area (Å²) in [7, 11) is 0. The first-order valence-electron chi connectivity index (χ1n) is 4.49. The van der Waals surface area contributed by atoms with Crippen LogP contribution in [0.5, 0.6) is 0 Å². The number of nitriles is 3. The molecule has 4 nitrogen and oxygen atoms in total. The van der Waals surface area contributed by atoms with E-state index >= 15 is 0 Å². The van der Waals surface area contributed by atoms with Crippen LogP contribution >= 0.6 is 0 Å². The molecule has 0 bridgehead atoms. The molecule has 1 heterocycles. The van der Waals surface area contributed by atoms with Gasteiger partial charge in [0.2, 0.25) is 0 Å². The molecule has 0 saturated carbocycles. The van der Waals surface area contributed by atoms with Gasteiger partial charge in [0.05, 0.1) is 11.3 Å². The van der Waals surface area contributed by atoms with Crippen LogP contribution in [0.4, 0.5) is 0 Å². The van der Waals surface area contributed by atoms with Crippen molar-refractivity contribution >= 4 is 0 Å². The van der Waals surface area contributed by atoms with Crippen LogP contribution in [0.1, 0.15) is 6.92 Å². The van der Waals surface area contributed by atoms with Gasteiger partial charge >= 0.3 is 0 Å². The smallest absolute Gasteiger partial charge is 0.131 e. The summed E-state index contributed by atoms with van der Waals surface area (Å²) < 4.78 is 0. The van der Waals surface area contributed by atoms with Gasteiger partial charge in [-0.15, -0.1) is 0 Å². The van der Waals surface area contributed by atoms with Crippen LogP contribution < -0.4 is 5.32 Å². The average molecular weight is 208 g/mol. The van der Waals surface area contributed by atoms with Crippen LogP contribution in [-0.4, -0.2) is 0 Å². The maximum absolute atomic E-state index is 8.94. The normalized spacial score (nSPS) is 15.8. The van der Waals surface area contributed by atoms with Crippen LogP contribution in [0.25, 0.3) is 0 Å². The predicted molar refractivity (Wildman–Crippen MR) is 58.0 cm³/mol. The van der Waals surface area contributed by atoms with Crippen molar-refractivity contribution in [3.8, 4) is 18.2 Å². The molecular formula is C12H8N4. The van der Waals surface area contributed by atoms with Crippen molar-refractivity contribution in [2.45, 2.75) is 6.92 Å². The highest BCUT2D eigenvalue weighted by atomic mass is 14.9. The van der Waals surface area contributed by atoms with Crippen molar-refractivity contribution in [3.63, 3.8) is 0 Å². The molecule has 0 amide bonds. The maximum atomic E-state index is 8.94. The van der Waals surface area contributed by atoms with E-state index in [4.69, 9.17) is 15.8 Å². The van der Waals surface area contributed by atoms with E-state index in [1.807, 2.05) is 19.1 Å². The summed E-state index contributed by atoms with van der Waals surface area (Å²) in [6.45, 7) is 1.86. The average Bonchev–Trinajstić information content (AvgIpc) is 2.31. The van der Waals surface area contributed by atoms with E-state index in [2.05, 4.69) is 5.32 Å². The Kier molecular flexibility index (Phi) is 3.67. The summed E-state index contributed by atoms with van der Waals surface area (Å²) >= 11 is 0. The third kappa shape index (κ3) is 2.61. The molecule has 0 spiro atoms. The zero-order valence-corrected chi connectivity index (χ0v) is 8.65. The molecule has 0 unspecified atom stereocenters. The Balaban J connectivity index is 3.16. The summed E-state index contributed by atoms with van der Waals surface area (Å²) in [5.74, 6) is 0. The molecule has 1 rings (SSSR count). The molecular weight excluding hydrogens is 200 g/mol. The first kappa shape index (κ1) is 11.3. The van der Waals surface area contributed by atoms with Gasteiger partial charge in [-0.25, -0.2) is 0 Å². The minimum atomic E-state index is -0.0912. The highest BCUT2D eigenvalue weighted by Gasteiger charge is 2.05. The van der Waals surface area contributed by atoms with E-state index in [9.17, 15) is 0 Å². The van der Waals surface area contributed by atoms with Gasteiger partial charge in [-0.05, 0) is 25.2 Å². The lowest BCUT2D eigenvalue weighted by atomic mass is 10.1. The molecule has 76 valence electrons. The molecule has 0 saturated heterocycles. The maximum Gasteiger partial charge on any atom is 0.131 e. The Labute approximate surface area is 93.7 Å². The third-order valence-corrected chi connectivity index (χ3v) is 1.88. The Morgan fingerprint density at radius 1 is 1.25 bits per heavy atom. The second-order valence-electron chi connectivity index (χ2n) is 3.05. The lowest BCUT2D eigenvalue weighted by Gasteiger charge is -2.11. The topological polar surface area (TPSA) is 83.4 Å². The first-order chi connectivity index (χ1) is 7.71. The number of allylic oxidation sites excluding steroid dienone is 7. The van der Waals surface area contributed by atoms with Gasteiger partial charge in [-0.1, -0.05) is 6.08 Å². The minimum absolute atomic E-state index is 0.0912. The fourth-order valence-electron chi connectivity index (χ4n) is 1.15. The Hall–Kier alpha value is -2.77. The number of rotatable bonds is 1. The number of hydrogen-bond acceptors (Lipinski definition) is 4. The number of dihydropyridines is 1. The second-order valence-corrected chi connectivity index (χ2v) is 3.05. The van der Waals surface area contributed by atoms with Gasteiger partial charge in [-0.2, -0.15) is 15.8 Å². The molecule has 0 aromatic rings. The number of nitrogens with zero attached hydrogens (tertiary/aromatic N) is 3. The van der Waals surface area contributed by atoms with Crippen molar-refractivity contribution in [2.24, 2.45) is 0 Å². The molecule has 0 atom stereocenters. The lowest BCUT2D eigenvalue weighted by molar-refractivity contribution is 0.981. The van der Waals surface area contributed by atoms with Gasteiger partial charge in [0.1, 0.15) is 23.8 Å². The monoisotopic (exact) mass is 208 g/mol. The number of nitrogens with one attached hydrogen (secondary N) is 1. The summed E-state index contributed by atoms with van der Waals surface area (Å²) in [4.78, 5) is 0. The van der Waals surface area contributed by atoms with Crippen LogP contribution in [0, 0.1) is 34.0 Å². The summed E-state index contributed by atoms with van der Waals surface area (Å²) in [6, 6.07) is 5.38. The van der Waals surface area contributed by atoms with Crippen LogP contribution in [-0.2, 0) is 0 Å². The molecule has 1 N–H and O–H groups in total. The Morgan fingerprint density at radius 2 is 1.94 bits per heavy atom. The quantitative estimate of drug-likeness (QED) is 0.666. The van der Waals surface area contributed by atoms with Crippen LogP contribution in [0.3, 0.4) is 0 Å². The molecule has 0 aromatic carbocycles. The van der Waals surface area contributed by atoms with E-state index in [-0.39, 0.29) is 11.1 Å². The van der Waals surface area contributed by atoms with Crippen molar-refractivity contribution in [2.75, 3.05) is 0 Å². The first-order valence-corrected chi connectivity index (χ1v) is 4.49. The molecule has 16 heavy (non-hydrogen) atoms. The predicted octanol–water partition coefficient (Wildman–Crippen LogP) is 1.80. The zero-order chi connectivity index (χ0) is 12.0. The molecule has 0 aromatic heterocycles. The zero-order valence-electron chi connectivity index (χ0n) is 8.65. The Bertz CT molecular complexity index is 523. The highest BCUT2D eigenvalue weighted by molar-refractivity contribution is 5.51. The third-order valence-electron chi connectivity index (χ3n) is 1.88. The van der Waals surface area contributed by atoms with Crippen molar-refractivity contribution in [3.05, 3.63) is 46.8 Å². The molecule has 0 fully saturated rings. The standard InChI is InChI=1S/C12H8N4/c1-9-3-2-4-12(16-9)11(8-15)5-10(6-13)7-14/h2-5,16H,1H3/b12-11+. The van der Waals surface area contributed by atoms with E-state index < -0.39 is 0 Å². The fourth-order valence-corrected chi connectivity index (χ4v) is 1.15. The highest BCUT2D eigenvalue weighted by Crippen LogP contribution is 2.12. The molecule has 1 aliphatic heterocycles. The molecule has 4 heteroatoms. The van der Waals surface area contributed by atoms with Gasteiger partial charge in [0.25, 0.3) is 0 Å². The summed E-state index contributed by atoms with van der Waals surface area (Å²) in [5, 5.41) is 29.1. The molecule has 0 radical (unpaired) electrons. The minimum Gasteiger partial charge on any atom is -0.358 e. The van der Waals surface area contributed by atoms with Gasteiger partial charge < -0.3 is 5.32 Å². The molecule has 1 aliphatic rings. The summed E-state index contributed by atoms with van der Waals surface area (Å²) in [5.41, 5.74) is 1.66. The lowest BCUT2D eigenvalue weighted by Crippen LogP contribution is -2.13. The SMILES string of the molecule is CC1=CC=C/C(=C(\C#N)C=C(C#N)C#N)N1. The molecule has 0 aliphatic carbocycles. The second kappa shape index (κ2) is 5.20. The van der Waals surface area contributed by atoms with Crippen LogP contribution in [0.15, 0.2) is 46.8 Å². The van der Waals surface area contributed by atoms with E-state index in [0.29, 0.717) is 5.70 Å². The van der Waals surface area contributed by atoms with Crippen molar-refractivity contribution < 1.29 is 0 Å². The van der Waals surface area contributed by atoms with Gasteiger partial charge in [0, 0.05) is 5.70 Å². The van der Waals surface area contributed by atoms with Gasteiger partial charge in [0.15, 0.2) is 0 Å². The Morgan fingerprint density at radius 3 is 2.44 bits per heavy atom.